The highest BCUT2D eigenvalue weighted by Gasteiger charge is 2.42. The van der Waals surface area contributed by atoms with Crippen LogP contribution in [0.1, 0.15) is 48.4 Å². The van der Waals surface area contributed by atoms with Gasteiger partial charge in [0.1, 0.15) is 0 Å². The van der Waals surface area contributed by atoms with Crippen LogP contribution in [-0.4, -0.2) is 30.6 Å². The molecule has 0 atom stereocenters. The molecule has 3 nitrogen and oxygen atoms in total. The number of rotatable bonds is 7. The Labute approximate surface area is 169 Å². The number of piperidine rings is 1. The first-order valence-corrected chi connectivity index (χ1v) is 10.5. The first-order valence-electron chi connectivity index (χ1n) is 10.5. The van der Waals surface area contributed by atoms with Gasteiger partial charge in [0, 0.05) is 6.54 Å². The SMILES string of the molecule is CCOC(=O)C1(CCc2ccccc2)CCN(Cc2cc(C)cc(C)c2)CC1. The van der Waals surface area contributed by atoms with Gasteiger partial charge in [0.05, 0.1) is 12.0 Å². The Kier molecular flexibility index (Phi) is 6.90. The van der Waals surface area contributed by atoms with Crippen molar-refractivity contribution in [3.8, 4) is 0 Å². The lowest BCUT2D eigenvalue weighted by Crippen LogP contribution is -2.45. The molecular formula is C25H33NO2. The molecule has 150 valence electrons. The molecule has 3 rings (SSSR count). The van der Waals surface area contributed by atoms with Gasteiger partial charge in [0.25, 0.3) is 0 Å². The van der Waals surface area contributed by atoms with E-state index in [-0.39, 0.29) is 11.4 Å². The second-order valence-corrected chi connectivity index (χ2v) is 8.26. The minimum Gasteiger partial charge on any atom is -0.466 e. The Balaban J connectivity index is 1.65. The standard InChI is InChI=1S/C25H33NO2/c1-4-28-24(27)25(11-10-22-8-6-5-7-9-22)12-14-26(15-13-25)19-23-17-20(2)16-21(3)18-23/h5-9,16-18H,4,10-15,19H2,1-3H3. The van der Waals surface area contributed by atoms with Crippen LogP contribution in [0.25, 0.3) is 0 Å². The van der Waals surface area contributed by atoms with Crippen molar-refractivity contribution < 1.29 is 9.53 Å². The number of likely N-dealkylation sites (tertiary alicyclic amines) is 1. The van der Waals surface area contributed by atoms with Gasteiger partial charge < -0.3 is 4.74 Å². The van der Waals surface area contributed by atoms with E-state index in [1.807, 2.05) is 13.0 Å². The molecule has 0 amide bonds. The highest BCUT2D eigenvalue weighted by Crippen LogP contribution is 2.38. The van der Waals surface area contributed by atoms with Crippen molar-refractivity contribution in [2.75, 3.05) is 19.7 Å². The summed E-state index contributed by atoms with van der Waals surface area (Å²) in [5.74, 6) is -0.00280. The van der Waals surface area contributed by atoms with Crippen molar-refractivity contribution in [1.82, 2.24) is 4.90 Å². The van der Waals surface area contributed by atoms with E-state index < -0.39 is 0 Å². The molecule has 1 saturated heterocycles. The number of aryl methyl sites for hydroxylation is 3. The Morgan fingerprint density at radius 1 is 1.00 bits per heavy atom. The zero-order valence-electron chi connectivity index (χ0n) is 17.5. The Morgan fingerprint density at radius 3 is 2.25 bits per heavy atom. The third kappa shape index (κ3) is 5.23. The van der Waals surface area contributed by atoms with E-state index in [1.165, 1.54) is 22.3 Å². The smallest absolute Gasteiger partial charge is 0.312 e. The molecule has 2 aromatic rings. The number of carbonyl (C=O) groups is 1. The second kappa shape index (κ2) is 9.38. The predicted molar refractivity (Wildman–Crippen MR) is 114 cm³/mol. The van der Waals surface area contributed by atoms with Gasteiger partial charge in [0.2, 0.25) is 0 Å². The summed E-state index contributed by atoms with van der Waals surface area (Å²) in [5, 5.41) is 0. The van der Waals surface area contributed by atoms with Crippen molar-refractivity contribution in [1.29, 1.82) is 0 Å². The Bertz CT molecular complexity index is 756. The quantitative estimate of drug-likeness (QED) is 0.628. The molecule has 2 aromatic carbocycles. The maximum Gasteiger partial charge on any atom is 0.312 e. The zero-order chi connectivity index (χ0) is 20.0. The lowest BCUT2D eigenvalue weighted by Gasteiger charge is -2.40. The summed E-state index contributed by atoms with van der Waals surface area (Å²) < 4.78 is 5.50. The Morgan fingerprint density at radius 2 is 1.64 bits per heavy atom. The topological polar surface area (TPSA) is 29.5 Å². The van der Waals surface area contributed by atoms with E-state index in [2.05, 4.69) is 61.2 Å². The maximum absolute atomic E-state index is 12.9. The van der Waals surface area contributed by atoms with Crippen LogP contribution in [-0.2, 0) is 22.5 Å². The average Bonchev–Trinajstić information content (AvgIpc) is 2.68. The minimum absolute atomic E-state index is 0.00280. The minimum atomic E-state index is -0.342. The lowest BCUT2D eigenvalue weighted by atomic mass is 9.74. The van der Waals surface area contributed by atoms with Crippen LogP contribution in [0.5, 0.6) is 0 Å². The second-order valence-electron chi connectivity index (χ2n) is 8.26. The maximum atomic E-state index is 12.9. The van der Waals surface area contributed by atoms with Crippen LogP contribution in [0.4, 0.5) is 0 Å². The van der Waals surface area contributed by atoms with Crippen molar-refractivity contribution in [2.45, 2.75) is 53.0 Å². The van der Waals surface area contributed by atoms with Crippen LogP contribution in [0.3, 0.4) is 0 Å². The number of hydrogen-bond acceptors (Lipinski definition) is 3. The molecule has 28 heavy (non-hydrogen) atoms. The molecule has 1 fully saturated rings. The molecule has 0 radical (unpaired) electrons. The van der Waals surface area contributed by atoms with Gasteiger partial charge in [-0.25, -0.2) is 0 Å². The zero-order valence-corrected chi connectivity index (χ0v) is 17.5. The fraction of sp³-hybridized carbons (Fsp3) is 0.480. The first kappa shape index (κ1) is 20.6. The van der Waals surface area contributed by atoms with Crippen molar-refractivity contribution in [3.05, 3.63) is 70.8 Å². The van der Waals surface area contributed by atoms with Gasteiger partial charge in [-0.15, -0.1) is 0 Å². The molecule has 0 saturated carbocycles. The Hall–Kier alpha value is -2.13. The molecule has 0 bridgehead atoms. The fourth-order valence-corrected chi connectivity index (χ4v) is 4.43. The molecule has 0 aromatic heterocycles. The first-order chi connectivity index (χ1) is 13.5. The van der Waals surface area contributed by atoms with Gasteiger partial charge in [-0.1, -0.05) is 59.7 Å². The third-order valence-electron chi connectivity index (χ3n) is 5.94. The lowest BCUT2D eigenvalue weighted by molar-refractivity contribution is -0.159. The molecular weight excluding hydrogens is 346 g/mol. The van der Waals surface area contributed by atoms with E-state index in [9.17, 15) is 4.79 Å². The average molecular weight is 380 g/mol. The molecule has 1 aliphatic rings. The molecule has 0 unspecified atom stereocenters. The van der Waals surface area contributed by atoms with Crippen LogP contribution < -0.4 is 0 Å². The third-order valence-corrected chi connectivity index (χ3v) is 5.94. The molecule has 1 aliphatic heterocycles. The number of nitrogens with zero attached hydrogens (tertiary/aromatic N) is 1. The fourth-order valence-electron chi connectivity index (χ4n) is 4.43. The number of benzene rings is 2. The van der Waals surface area contributed by atoms with Gasteiger partial charge in [-0.2, -0.15) is 0 Å². The van der Waals surface area contributed by atoms with Crippen molar-refractivity contribution in [3.63, 3.8) is 0 Å². The summed E-state index contributed by atoms with van der Waals surface area (Å²) in [5.41, 5.74) is 4.95. The predicted octanol–water partition coefficient (Wildman–Crippen LogP) is 5.08. The van der Waals surface area contributed by atoms with Gasteiger partial charge in [0.15, 0.2) is 0 Å². The van der Waals surface area contributed by atoms with E-state index in [4.69, 9.17) is 4.74 Å². The van der Waals surface area contributed by atoms with E-state index in [0.717, 1.165) is 45.3 Å². The van der Waals surface area contributed by atoms with Crippen LogP contribution >= 0.6 is 0 Å². The molecule has 3 heteroatoms. The normalized spacial score (nSPS) is 16.7. The van der Waals surface area contributed by atoms with Crippen molar-refractivity contribution >= 4 is 5.97 Å². The summed E-state index contributed by atoms with van der Waals surface area (Å²) in [4.78, 5) is 15.3. The highest BCUT2D eigenvalue weighted by atomic mass is 16.5. The number of hydrogen-bond donors (Lipinski definition) is 0. The highest BCUT2D eigenvalue weighted by molar-refractivity contribution is 5.77. The van der Waals surface area contributed by atoms with Gasteiger partial charge in [-0.05, 0) is 70.7 Å². The number of ether oxygens (including phenoxy) is 1. The molecule has 0 aliphatic carbocycles. The van der Waals surface area contributed by atoms with Crippen LogP contribution in [0.2, 0.25) is 0 Å². The number of esters is 1. The molecule has 0 N–H and O–H groups in total. The van der Waals surface area contributed by atoms with Crippen LogP contribution in [0, 0.1) is 19.3 Å². The number of carbonyl (C=O) groups excluding carboxylic acids is 1. The van der Waals surface area contributed by atoms with E-state index >= 15 is 0 Å². The van der Waals surface area contributed by atoms with Gasteiger partial charge in [-0.3, -0.25) is 9.69 Å². The molecule has 0 spiro atoms. The van der Waals surface area contributed by atoms with E-state index in [0.29, 0.717) is 6.61 Å². The monoisotopic (exact) mass is 379 g/mol. The van der Waals surface area contributed by atoms with E-state index in [1.54, 1.807) is 0 Å². The summed E-state index contributed by atoms with van der Waals surface area (Å²) in [6, 6.07) is 17.2. The summed E-state index contributed by atoms with van der Waals surface area (Å²) in [7, 11) is 0. The van der Waals surface area contributed by atoms with Crippen LogP contribution in [0.15, 0.2) is 48.5 Å². The largest absolute Gasteiger partial charge is 0.466 e. The summed E-state index contributed by atoms with van der Waals surface area (Å²) >= 11 is 0. The van der Waals surface area contributed by atoms with Crippen molar-refractivity contribution in [2.24, 2.45) is 5.41 Å². The summed E-state index contributed by atoms with van der Waals surface area (Å²) in [6.07, 6.45) is 3.55. The molecule has 1 heterocycles. The van der Waals surface area contributed by atoms with Gasteiger partial charge >= 0.3 is 5.97 Å². The summed E-state index contributed by atoms with van der Waals surface area (Å²) in [6.45, 7) is 9.52.